The van der Waals surface area contributed by atoms with Crippen LogP contribution in [0.4, 0.5) is 5.69 Å². The Bertz CT molecular complexity index is 408. The fourth-order valence-corrected chi connectivity index (χ4v) is 1.86. The molecule has 0 bridgehead atoms. The minimum Gasteiger partial charge on any atom is -0.465 e. The fraction of sp³-hybridized carbons (Fsp3) is 0.500. The summed E-state index contributed by atoms with van der Waals surface area (Å²) in [7, 11) is 1.39. The lowest BCUT2D eigenvalue weighted by molar-refractivity contribution is 0.0600. The molecule has 5 heteroatoms. The molecule has 0 aromatic heterocycles. The first-order chi connectivity index (χ1) is 9.19. The number of hydrazine groups is 1. The molecule has 0 amide bonds. The molecule has 5 nitrogen and oxygen atoms in total. The van der Waals surface area contributed by atoms with E-state index in [-0.39, 0.29) is 5.97 Å². The maximum absolute atomic E-state index is 11.4. The number of ether oxygens (including phenoxy) is 1. The maximum Gasteiger partial charge on any atom is 0.337 e. The lowest BCUT2D eigenvalue weighted by atomic mass is 10.1. The first-order valence-corrected chi connectivity index (χ1v) is 6.55. The first-order valence-electron chi connectivity index (χ1n) is 6.55. The summed E-state index contributed by atoms with van der Waals surface area (Å²) in [5, 5.41) is 3.37. The highest BCUT2D eigenvalue weighted by Gasteiger charge is 2.06. The van der Waals surface area contributed by atoms with Gasteiger partial charge in [-0.25, -0.2) is 4.79 Å². The van der Waals surface area contributed by atoms with Crippen molar-refractivity contribution in [2.75, 3.05) is 25.5 Å². The predicted molar refractivity (Wildman–Crippen MR) is 77.0 cm³/mol. The summed E-state index contributed by atoms with van der Waals surface area (Å²) < 4.78 is 4.69. The number of hydrogen-bond donors (Lipinski definition) is 3. The lowest BCUT2D eigenvalue weighted by Gasteiger charge is -2.10. The van der Waals surface area contributed by atoms with E-state index in [0.717, 1.165) is 43.6 Å². The topological polar surface area (TPSA) is 76.4 Å². The maximum atomic E-state index is 11.4. The monoisotopic (exact) mass is 265 g/mol. The van der Waals surface area contributed by atoms with E-state index in [1.54, 1.807) is 6.07 Å². The molecule has 0 fully saturated rings. The average molecular weight is 265 g/mol. The molecule has 1 aromatic rings. The number of carbonyl (C=O) groups excluding carboxylic acids is 1. The molecule has 0 radical (unpaired) electrons. The van der Waals surface area contributed by atoms with Gasteiger partial charge < -0.3 is 10.1 Å². The highest BCUT2D eigenvalue weighted by molar-refractivity contribution is 5.90. The van der Waals surface area contributed by atoms with Gasteiger partial charge in [-0.1, -0.05) is 6.42 Å². The van der Waals surface area contributed by atoms with Gasteiger partial charge in [-0.3, -0.25) is 11.3 Å². The van der Waals surface area contributed by atoms with Gasteiger partial charge in [0, 0.05) is 18.8 Å². The van der Waals surface area contributed by atoms with Gasteiger partial charge in [-0.2, -0.15) is 0 Å². The number of carbonyl (C=O) groups is 1. The number of anilines is 1. The molecule has 0 aliphatic carbocycles. The largest absolute Gasteiger partial charge is 0.465 e. The third-order valence-corrected chi connectivity index (χ3v) is 2.96. The summed E-state index contributed by atoms with van der Waals surface area (Å²) in [6, 6.07) is 5.54. The van der Waals surface area contributed by atoms with Crippen molar-refractivity contribution in [1.29, 1.82) is 0 Å². The minimum atomic E-state index is -0.302. The summed E-state index contributed by atoms with van der Waals surface area (Å²) in [5.41, 5.74) is 5.33. The molecule has 4 N–H and O–H groups in total. The van der Waals surface area contributed by atoms with Crippen molar-refractivity contribution in [2.45, 2.75) is 26.2 Å². The number of methoxy groups -OCH3 is 1. The van der Waals surface area contributed by atoms with E-state index < -0.39 is 0 Å². The van der Waals surface area contributed by atoms with E-state index in [9.17, 15) is 4.79 Å². The third-order valence-electron chi connectivity index (χ3n) is 2.96. The summed E-state index contributed by atoms with van der Waals surface area (Å²) >= 11 is 0. The van der Waals surface area contributed by atoms with Gasteiger partial charge in [0.1, 0.15) is 0 Å². The average Bonchev–Trinajstić information content (AvgIpc) is 2.43. The Morgan fingerprint density at radius 2 is 2.00 bits per heavy atom. The van der Waals surface area contributed by atoms with Crippen LogP contribution in [0, 0.1) is 6.92 Å². The molecular formula is C14H23N3O2. The SMILES string of the molecule is COC(=O)c1ccc(NCCCCCNN)c(C)c1. The van der Waals surface area contributed by atoms with E-state index in [4.69, 9.17) is 10.6 Å². The Morgan fingerprint density at radius 1 is 1.26 bits per heavy atom. The number of nitrogens with two attached hydrogens (primary N) is 1. The summed E-state index contributed by atoms with van der Waals surface area (Å²) in [5.74, 6) is 4.90. The zero-order chi connectivity index (χ0) is 14.1. The van der Waals surface area contributed by atoms with Crippen LogP contribution in [0.2, 0.25) is 0 Å². The molecule has 0 aliphatic rings. The molecule has 0 unspecified atom stereocenters. The van der Waals surface area contributed by atoms with Crippen molar-refractivity contribution in [3.8, 4) is 0 Å². The second-order valence-corrected chi connectivity index (χ2v) is 4.46. The second-order valence-electron chi connectivity index (χ2n) is 4.46. The normalized spacial score (nSPS) is 10.3. The van der Waals surface area contributed by atoms with Gasteiger partial charge >= 0.3 is 5.97 Å². The molecule has 106 valence electrons. The van der Waals surface area contributed by atoms with E-state index in [1.807, 2.05) is 19.1 Å². The molecular weight excluding hydrogens is 242 g/mol. The van der Waals surface area contributed by atoms with Gasteiger partial charge in [0.2, 0.25) is 0 Å². The molecule has 0 atom stereocenters. The van der Waals surface area contributed by atoms with E-state index in [2.05, 4.69) is 10.7 Å². The molecule has 0 saturated carbocycles. The number of esters is 1. The highest BCUT2D eigenvalue weighted by Crippen LogP contribution is 2.17. The second kappa shape index (κ2) is 8.50. The van der Waals surface area contributed by atoms with E-state index in [0.29, 0.717) is 5.56 Å². The van der Waals surface area contributed by atoms with Crippen LogP contribution in [0.25, 0.3) is 0 Å². The van der Waals surface area contributed by atoms with Crippen molar-refractivity contribution >= 4 is 11.7 Å². The standard InChI is InChI=1S/C14H23N3O2/c1-11-10-12(14(18)19-2)6-7-13(11)16-8-4-3-5-9-17-15/h6-7,10,16-17H,3-5,8-9,15H2,1-2H3. The van der Waals surface area contributed by atoms with E-state index in [1.165, 1.54) is 7.11 Å². The minimum absolute atomic E-state index is 0.302. The van der Waals surface area contributed by atoms with Crippen molar-refractivity contribution in [3.05, 3.63) is 29.3 Å². The smallest absolute Gasteiger partial charge is 0.337 e. The lowest BCUT2D eigenvalue weighted by Crippen LogP contribution is -2.22. The van der Waals surface area contributed by atoms with Crippen molar-refractivity contribution in [2.24, 2.45) is 5.84 Å². The molecule has 0 aliphatic heterocycles. The van der Waals surface area contributed by atoms with Crippen molar-refractivity contribution < 1.29 is 9.53 Å². The number of nitrogens with one attached hydrogen (secondary N) is 2. The zero-order valence-corrected chi connectivity index (χ0v) is 11.7. The van der Waals surface area contributed by atoms with Gasteiger partial charge in [0.15, 0.2) is 0 Å². The van der Waals surface area contributed by atoms with Crippen LogP contribution >= 0.6 is 0 Å². The number of benzene rings is 1. The fourth-order valence-electron chi connectivity index (χ4n) is 1.86. The van der Waals surface area contributed by atoms with Crippen LogP contribution in [0.5, 0.6) is 0 Å². The Kier molecular flexibility index (Phi) is 6.92. The van der Waals surface area contributed by atoms with Crippen LogP contribution in [-0.2, 0) is 4.74 Å². The number of hydrogen-bond acceptors (Lipinski definition) is 5. The molecule has 0 heterocycles. The van der Waals surface area contributed by atoms with Crippen molar-refractivity contribution in [1.82, 2.24) is 5.43 Å². The van der Waals surface area contributed by atoms with Crippen LogP contribution in [-0.4, -0.2) is 26.2 Å². The van der Waals surface area contributed by atoms with Gasteiger partial charge in [-0.15, -0.1) is 0 Å². The van der Waals surface area contributed by atoms with Crippen molar-refractivity contribution in [3.63, 3.8) is 0 Å². The van der Waals surface area contributed by atoms with Crippen LogP contribution in [0.3, 0.4) is 0 Å². The summed E-state index contributed by atoms with van der Waals surface area (Å²) in [6.07, 6.45) is 3.31. The molecule has 0 spiro atoms. The van der Waals surface area contributed by atoms with Gasteiger partial charge in [-0.05, 0) is 43.5 Å². The molecule has 1 rings (SSSR count). The number of aryl methyl sites for hydroxylation is 1. The zero-order valence-electron chi connectivity index (χ0n) is 11.7. The van der Waals surface area contributed by atoms with Gasteiger partial charge in [0.05, 0.1) is 12.7 Å². The predicted octanol–water partition coefficient (Wildman–Crippen LogP) is 1.83. The number of unbranched alkanes of at least 4 members (excludes halogenated alkanes) is 2. The third kappa shape index (κ3) is 5.28. The molecule has 0 saturated heterocycles. The van der Waals surface area contributed by atoms with Crippen LogP contribution in [0.1, 0.15) is 35.2 Å². The number of rotatable bonds is 8. The Hall–Kier alpha value is -1.59. The first kappa shape index (κ1) is 15.5. The van der Waals surface area contributed by atoms with Crippen LogP contribution < -0.4 is 16.6 Å². The highest BCUT2D eigenvalue weighted by atomic mass is 16.5. The Balaban J connectivity index is 2.40. The van der Waals surface area contributed by atoms with Crippen LogP contribution in [0.15, 0.2) is 18.2 Å². The molecule has 1 aromatic carbocycles. The quantitative estimate of drug-likeness (QED) is 0.289. The molecule has 19 heavy (non-hydrogen) atoms. The van der Waals surface area contributed by atoms with Gasteiger partial charge in [0.25, 0.3) is 0 Å². The Labute approximate surface area is 114 Å². The summed E-state index contributed by atoms with van der Waals surface area (Å²) in [6.45, 7) is 3.75. The summed E-state index contributed by atoms with van der Waals surface area (Å²) in [4.78, 5) is 11.4. The Morgan fingerprint density at radius 3 is 2.63 bits per heavy atom. The van der Waals surface area contributed by atoms with E-state index >= 15 is 0 Å².